The third-order valence-corrected chi connectivity index (χ3v) is 3.21. The molecule has 0 heterocycles. The van der Waals surface area contributed by atoms with Gasteiger partial charge in [0.05, 0.1) is 6.61 Å². The summed E-state index contributed by atoms with van der Waals surface area (Å²) in [6.45, 7) is 2.06. The largest absolute Gasteiger partial charge is 0.493 e. The predicted molar refractivity (Wildman–Crippen MR) is 83.7 cm³/mol. The van der Waals surface area contributed by atoms with Crippen LogP contribution in [0.3, 0.4) is 0 Å². The van der Waals surface area contributed by atoms with Gasteiger partial charge in [0, 0.05) is 30.4 Å². The molecule has 2 N–H and O–H groups in total. The smallest absolute Gasteiger partial charge is 0.127 e. The molecule has 2 aromatic rings. The van der Waals surface area contributed by atoms with Crippen LogP contribution in [-0.2, 0) is 6.54 Å². The number of halogens is 1. The Hall–Kier alpha value is -2.07. The Bertz CT molecular complexity index is 574. The van der Waals surface area contributed by atoms with E-state index in [4.69, 9.17) is 10.5 Å². The molecular formula is C17H21FN2O. The highest BCUT2D eigenvalue weighted by atomic mass is 19.1. The number of hydrogen-bond acceptors (Lipinski definition) is 3. The lowest BCUT2D eigenvalue weighted by atomic mass is 10.2. The summed E-state index contributed by atoms with van der Waals surface area (Å²) in [5.74, 6) is 0.632. The Labute approximate surface area is 125 Å². The van der Waals surface area contributed by atoms with Gasteiger partial charge in [-0.1, -0.05) is 24.3 Å². The van der Waals surface area contributed by atoms with E-state index < -0.39 is 0 Å². The van der Waals surface area contributed by atoms with E-state index >= 15 is 0 Å². The molecule has 0 unspecified atom stereocenters. The average molecular weight is 288 g/mol. The number of nitrogens with zero attached hydrogens (tertiary/aromatic N) is 1. The number of hydrogen-bond donors (Lipinski definition) is 1. The molecule has 21 heavy (non-hydrogen) atoms. The van der Waals surface area contributed by atoms with Crippen molar-refractivity contribution in [3.63, 3.8) is 0 Å². The summed E-state index contributed by atoms with van der Waals surface area (Å²) in [5.41, 5.74) is 7.10. The van der Waals surface area contributed by atoms with Crippen LogP contribution in [-0.4, -0.2) is 25.1 Å². The van der Waals surface area contributed by atoms with Gasteiger partial charge in [-0.15, -0.1) is 0 Å². The third kappa shape index (κ3) is 5.08. The van der Waals surface area contributed by atoms with Crippen molar-refractivity contribution < 1.29 is 9.13 Å². The molecule has 0 radical (unpaired) electrons. The van der Waals surface area contributed by atoms with Crippen molar-refractivity contribution in [1.29, 1.82) is 0 Å². The number of ether oxygens (including phenoxy) is 1. The van der Waals surface area contributed by atoms with Crippen molar-refractivity contribution in [1.82, 2.24) is 4.90 Å². The van der Waals surface area contributed by atoms with Gasteiger partial charge in [-0.3, -0.25) is 0 Å². The zero-order valence-electron chi connectivity index (χ0n) is 12.3. The maximum absolute atomic E-state index is 13.5. The minimum absolute atomic E-state index is 0.152. The van der Waals surface area contributed by atoms with E-state index in [1.807, 2.05) is 43.4 Å². The Morgan fingerprint density at radius 2 is 1.95 bits per heavy atom. The van der Waals surface area contributed by atoms with Crippen molar-refractivity contribution in [2.75, 3.05) is 25.9 Å². The van der Waals surface area contributed by atoms with E-state index in [0.717, 1.165) is 24.3 Å². The number of nitrogen functional groups attached to an aromatic ring is 1. The maximum atomic E-state index is 13.5. The first-order valence-corrected chi connectivity index (χ1v) is 7.05. The molecule has 0 aliphatic heterocycles. The molecule has 0 saturated carbocycles. The summed E-state index contributed by atoms with van der Waals surface area (Å²) in [6, 6.07) is 14.3. The first-order chi connectivity index (χ1) is 10.1. The van der Waals surface area contributed by atoms with Crippen LogP contribution in [0.1, 0.15) is 12.0 Å². The van der Waals surface area contributed by atoms with Crippen molar-refractivity contribution in [2.24, 2.45) is 0 Å². The summed E-state index contributed by atoms with van der Waals surface area (Å²) in [7, 11) is 1.98. The Kier molecular flexibility index (Phi) is 5.58. The van der Waals surface area contributed by atoms with Gasteiger partial charge < -0.3 is 15.4 Å². The van der Waals surface area contributed by atoms with E-state index in [1.165, 1.54) is 6.07 Å². The van der Waals surface area contributed by atoms with Gasteiger partial charge in [0.2, 0.25) is 0 Å². The lowest BCUT2D eigenvalue weighted by Gasteiger charge is -2.17. The van der Waals surface area contributed by atoms with Crippen LogP contribution < -0.4 is 10.5 Å². The lowest BCUT2D eigenvalue weighted by molar-refractivity contribution is 0.257. The molecule has 0 fully saturated rings. The maximum Gasteiger partial charge on any atom is 0.127 e. The second-order valence-corrected chi connectivity index (χ2v) is 5.10. The van der Waals surface area contributed by atoms with E-state index in [9.17, 15) is 4.39 Å². The molecule has 0 saturated heterocycles. The van der Waals surface area contributed by atoms with Crippen LogP contribution in [0.25, 0.3) is 0 Å². The number of anilines is 1. The molecule has 0 amide bonds. The highest BCUT2D eigenvalue weighted by Crippen LogP contribution is 2.14. The minimum Gasteiger partial charge on any atom is -0.493 e. The average Bonchev–Trinajstić information content (AvgIpc) is 2.46. The first kappa shape index (κ1) is 15.3. The summed E-state index contributed by atoms with van der Waals surface area (Å²) in [5, 5.41) is 0. The molecule has 3 nitrogen and oxygen atoms in total. The summed E-state index contributed by atoms with van der Waals surface area (Å²) in [4.78, 5) is 2.08. The number of nitrogens with two attached hydrogens (primary N) is 1. The van der Waals surface area contributed by atoms with Crippen LogP contribution in [0.5, 0.6) is 5.75 Å². The van der Waals surface area contributed by atoms with E-state index in [2.05, 4.69) is 4.90 Å². The number of benzene rings is 2. The molecule has 0 aromatic heterocycles. The van der Waals surface area contributed by atoms with Crippen LogP contribution in [0.2, 0.25) is 0 Å². The second kappa shape index (κ2) is 7.64. The van der Waals surface area contributed by atoms with Crippen molar-refractivity contribution in [3.05, 3.63) is 59.9 Å². The van der Waals surface area contributed by atoms with E-state index in [-0.39, 0.29) is 5.82 Å². The van der Waals surface area contributed by atoms with Crippen LogP contribution >= 0.6 is 0 Å². The molecule has 2 aromatic carbocycles. The Morgan fingerprint density at radius 3 is 2.71 bits per heavy atom. The molecule has 0 aliphatic rings. The lowest BCUT2D eigenvalue weighted by Crippen LogP contribution is -2.21. The van der Waals surface area contributed by atoms with E-state index in [1.54, 1.807) is 6.07 Å². The normalized spacial score (nSPS) is 10.8. The Morgan fingerprint density at radius 1 is 1.14 bits per heavy atom. The van der Waals surface area contributed by atoms with Gasteiger partial charge in [-0.05, 0) is 31.7 Å². The minimum atomic E-state index is -0.152. The van der Waals surface area contributed by atoms with Gasteiger partial charge in [-0.2, -0.15) is 0 Å². The molecule has 0 spiro atoms. The molecule has 0 bridgehead atoms. The fraction of sp³-hybridized carbons (Fsp3) is 0.294. The second-order valence-electron chi connectivity index (χ2n) is 5.10. The standard InChI is InChI=1S/C17H21FN2O/c1-20(13-14-6-2-3-9-17(14)18)10-5-11-21-16-8-4-7-15(19)12-16/h2-4,6-9,12H,5,10-11,13,19H2,1H3. The zero-order chi connectivity index (χ0) is 15.1. The van der Waals surface area contributed by atoms with Crippen LogP contribution in [0, 0.1) is 5.82 Å². The Balaban J connectivity index is 1.70. The van der Waals surface area contributed by atoms with Crippen molar-refractivity contribution >= 4 is 5.69 Å². The summed E-state index contributed by atoms with van der Waals surface area (Å²) in [6.07, 6.45) is 0.875. The quantitative estimate of drug-likeness (QED) is 0.627. The molecule has 112 valence electrons. The van der Waals surface area contributed by atoms with E-state index in [0.29, 0.717) is 18.8 Å². The molecule has 0 aliphatic carbocycles. The topological polar surface area (TPSA) is 38.5 Å². The molecule has 4 heteroatoms. The van der Waals surface area contributed by atoms with Crippen molar-refractivity contribution in [2.45, 2.75) is 13.0 Å². The third-order valence-electron chi connectivity index (χ3n) is 3.21. The van der Waals surface area contributed by atoms with Gasteiger partial charge >= 0.3 is 0 Å². The van der Waals surface area contributed by atoms with Gasteiger partial charge in [0.15, 0.2) is 0 Å². The molecular weight excluding hydrogens is 267 g/mol. The number of rotatable bonds is 7. The zero-order valence-corrected chi connectivity index (χ0v) is 12.3. The highest BCUT2D eigenvalue weighted by Gasteiger charge is 2.04. The van der Waals surface area contributed by atoms with Gasteiger partial charge in [0.1, 0.15) is 11.6 Å². The molecule has 2 rings (SSSR count). The molecule has 0 atom stereocenters. The van der Waals surface area contributed by atoms with Crippen LogP contribution in [0.15, 0.2) is 48.5 Å². The van der Waals surface area contributed by atoms with Crippen molar-refractivity contribution in [3.8, 4) is 5.75 Å². The first-order valence-electron chi connectivity index (χ1n) is 7.05. The van der Waals surface area contributed by atoms with Gasteiger partial charge in [0.25, 0.3) is 0 Å². The SMILES string of the molecule is CN(CCCOc1cccc(N)c1)Cc1ccccc1F. The highest BCUT2D eigenvalue weighted by molar-refractivity contribution is 5.43. The fourth-order valence-corrected chi connectivity index (χ4v) is 2.13. The monoisotopic (exact) mass is 288 g/mol. The van der Waals surface area contributed by atoms with Gasteiger partial charge in [-0.25, -0.2) is 4.39 Å². The fourth-order valence-electron chi connectivity index (χ4n) is 2.13. The predicted octanol–water partition coefficient (Wildman–Crippen LogP) is 3.31. The van der Waals surface area contributed by atoms with Crippen LogP contribution in [0.4, 0.5) is 10.1 Å². The summed E-state index contributed by atoms with van der Waals surface area (Å²) < 4.78 is 19.2. The summed E-state index contributed by atoms with van der Waals surface area (Å²) >= 11 is 0.